The van der Waals surface area contributed by atoms with Gasteiger partial charge in [-0.2, -0.15) is 5.21 Å². The van der Waals surface area contributed by atoms with Gasteiger partial charge in [0.05, 0.1) is 0 Å². The van der Waals surface area contributed by atoms with Crippen LogP contribution in [0.3, 0.4) is 0 Å². The summed E-state index contributed by atoms with van der Waals surface area (Å²) in [4.78, 5) is 11.0. The minimum absolute atomic E-state index is 0.289. The first-order valence-corrected chi connectivity index (χ1v) is 4.58. The second-order valence-corrected chi connectivity index (χ2v) is 3.23. The molecule has 0 fully saturated rings. The zero-order valence-electron chi connectivity index (χ0n) is 8.15. The number of hydrogen-bond donors (Lipinski definition) is 1. The van der Waals surface area contributed by atoms with Crippen molar-refractivity contribution in [2.24, 2.45) is 0 Å². The molecule has 1 heterocycles. The second kappa shape index (κ2) is 4.21. The Bertz CT molecular complexity index is 548. The minimum Gasteiger partial charge on any atom is -0.242 e. The molecule has 0 aliphatic carbocycles. The minimum atomic E-state index is -0.896. The molecule has 5 nitrogen and oxygen atoms in total. The van der Waals surface area contributed by atoms with Crippen LogP contribution in [-0.4, -0.2) is 20.2 Å². The highest BCUT2D eigenvalue weighted by atomic mass is 19.2. The first-order valence-electron chi connectivity index (χ1n) is 4.58. The van der Waals surface area contributed by atoms with Gasteiger partial charge in [-0.05, 0) is 29.3 Å². The van der Waals surface area contributed by atoms with Gasteiger partial charge in [0.1, 0.15) is 0 Å². The maximum absolute atomic E-state index is 12.8. The number of rotatable bonds is 3. The topological polar surface area (TPSA) is 63.6 Å². The molecule has 0 aliphatic rings. The molecule has 1 aromatic carbocycles. The van der Waals surface area contributed by atoms with Gasteiger partial charge in [0, 0.05) is 6.54 Å². The highest BCUT2D eigenvalue weighted by Gasteiger charge is 2.04. The fourth-order valence-electron chi connectivity index (χ4n) is 1.30. The summed E-state index contributed by atoms with van der Waals surface area (Å²) < 4.78 is 26.7. The summed E-state index contributed by atoms with van der Waals surface area (Å²) in [6.07, 6.45) is 0.390. The molecule has 0 saturated heterocycles. The number of H-pyrrole nitrogens is 1. The number of nitrogens with zero attached hydrogens (tertiary/aromatic N) is 3. The van der Waals surface area contributed by atoms with Gasteiger partial charge >= 0.3 is 5.69 Å². The van der Waals surface area contributed by atoms with Crippen LogP contribution < -0.4 is 5.69 Å². The van der Waals surface area contributed by atoms with Gasteiger partial charge in [-0.15, -0.1) is 0 Å². The molecule has 2 aromatic rings. The number of nitrogens with one attached hydrogen (secondary N) is 1. The molecule has 0 saturated carbocycles. The molecule has 0 spiro atoms. The van der Waals surface area contributed by atoms with Crippen molar-refractivity contribution in [2.75, 3.05) is 0 Å². The molecular weight excluding hydrogens is 218 g/mol. The zero-order chi connectivity index (χ0) is 11.5. The molecule has 1 aromatic heterocycles. The van der Waals surface area contributed by atoms with Crippen molar-refractivity contribution in [2.45, 2.75) is 13.0 Å². The highest BCUT2D eigenvalue weighted by molar-refractivity contribution is 5.17. The van der Waals surface area contributed by atoms with E-state index in [1.54, 1.807) is 0 Å². The molecule has 0 bridgehead atoms. The van der Waals surface area contributed by atoms with Crippen LogP contribution in [-0.2, 0) is 13.0 Å². The number of benzene rings is 1. The summed E-state index contributed by atoms with van der Waals surface area (Å²) in [6.45, 7) is 0.289. The van der Waals surface area contributed by atoms with E-state index >= 15 is 0 Å². The fraction of sp³-hybridized carbons (Fsp3) is 0.222. The predicted octanol–water partition coefficient (Wildman–Crippen LogP) is 0.487. The van der Waals surface area contributed by atoms with Gasteiger partial charge in [0.15, 0.2) is 11.6 Å². The van der Waals surface area contributed by atoms with Crippen molar-refractivity contribution >= 4 is 0 Å². The summed E-state index contributed by atoms with van der Waals surface area (Å²) in [7, 11) is 0. The lowest BCUT2D eigenvalue weighted by atomic mass is 10.1. The van der Waals surface area contributed by atoms with Crippen molar-refractivity contribution in [3.63, 3.8) is 0 Å². The van der Waals surface area contributed by atoms with Crippen molar-refractivity contribution < 1.29 is 8.78 Å². The number of tetrazole rings is 1. The van der Waals surface area contributed by atoms with E-state index in [9.17, 15) is 13.6 Å². The molecule has 0 unspecified atom stereocenters. The van der Waals surface area contributed by atoms with E-state index in [1.165, 1.54) is 10.7 Å². The number of aryl methyl sites for hydroxylation is 2. The molecule has 84 valence electrons. The third-order valence-electron chi connectivity index (χ3n) is 2.14. The normalized spacial score (nSPS) is 10.6. The standard InChI is InChI=1S/C9H8F2N4O/c10-7-2-1-6(5-8(7)11)3-4-15-9(16)12-13-14-15/h1-2,5H,3-4H2,(H,12,14,16). The first kappa shape index (κ1) is 10.5. The third kappa shape index (κ3) is 2.13. The number of halogens is 2. The average molecular weight is 226 g/mol. The Balaban J connectivity index is 2.08. The van der Waals surface area contributed by atoms with E-state index in [0.29, 0.717) is 12.0 Å². The number of aromatic amines is 1. The summed E-state index contributed by atoms with van der Waals surface area (Å²) in [6, 6.07) is 3.62. The predicted molar refractivity (Wildman–Crippen MR) is 50.7 cm³/mol. The Kier molecular flexibility index (Phi) is 2.76. The Morgan fingerprint density at radius 3 is 2.75 bits per heavy atom. The van der Waals surface area contributed by atoms with E-state index in [0.717, 1.165) is 12.1 Å². The van der Waals surface area contributed by atoms with E-state index in [-0.39, 0.29) is 6.54 Å². The molecule has 0 radical (unpaired) electrons. The molecule has 0 aliphatic heterocycles. The lowest BCUT2D eigenvalue weighted by molar-refractivity contribution is 0.505. The van der Waals surface area contributed by atoms with Crippen molar-refractivity contribution in [3.05, 3.63) is 45.9 Å². The van der Waals surface area contributed by atoms with E-state index in [2.05, 4.69) is 15.5 Å². The summed E-state index contributed by atoms with van der Waals surface area (Å²) in [5.41, 5.74) is 0.1000. The van der Waals surface area contributed by atoms with Crippen LogP contribution >= 0.6 is 0 Å². The molecule has 2 rings (SSSR count). The Morgan fingerprint density at radius 1 is 1.31 bits per heavy atom. The zero-order valence-corrected chi connectivity index (χ0v) is 8.15. The smallest absolute Gasteiger partial charge is 0.242 e. The Morgan fingerprint density at radius 2 is 2.12 bits per heavy atom. The molecule has 7 heteroatoms. The largest absolute Gasteiger partial charge is 0.383 e. The Hall–Kier alpha value is -2.05. The van der Waals surface area contributed by atoms with Gasteiger partial charge in [0.25, 0.3) is 0 Å². The third-order valence-corrected chi connectivity index (χ3v) is 2.14. The highest BCUT2D eigenvalue weighted by Crippen LogP contribution is 2.09. The van der Waals surface area contributed by atoms with Crippen LogP contribution in [0.1, 0.15) is 5.56 Å². The van der Waals surface area contributed by atoms with E-state index in [1.807, 2.05) is 0 Å². The maximum Gasteiger partial charge on any atom is 0.383 e. The molecule has 16 heavy (non-hydrogen) atoms. The molecule has 0 atom stereocenters. The second-order valence-electron chi connectivity index (χ2n) is 3.23. The maximum atomic E-state index is 12.8. The van der Waals surface area contributed by atoms with Crippen LogP contribution in [0.2, 0.25) is 0 Å². The fourth-order valence-corrected chi connectivity index (χ4v) is 1.30. The van der Waals surface area contributed by atoms with Crippen molar-refractivity contribution in [3.8, 4) is 0 Å². The monoisotopic (exact) mass is 226 g/mol. The van der Waals surface area contributed by atoms with Gasteiger partial charge in [-0.25, -0.2) is 18.3 Å². The first-order chi connectivity index (χ1) is 7.66. The molecule has 0 amide bonds. The molecular formula is C9H8F2N4O. The summed E-state index contributed by atoms with van der Waals surface area (Å²) in [5, 5.41) is 8.91. The van der Waals surface area contributed by atoms with Gasteiger partial charge in [-0.1, -0.05) is 11.2 Å². The average Bonchev–Trinajstić information content (AvgIpc) is 2.66. The summed E-state index contributed by atoms with van der Waals surface area (Å²) in [5.74, 6) is -1.78. The van der Waals surface area contributed by atoms with Crippen molar-refractivity contribution in [1.29, 1.82) is 0 Å². The van der Waals surface area contributed by atoms with Crippen LogP contribution in [0.15, 0.2) is 23.0 Å². The van der Waals surface area contributed by atoms with Crippen LogP contribution in [0, 0.1) is 11.6 Å². The quantitative estimate of drug-likeness (QED) is 0.828. The Labute approximate surface area is 88.7 Å². The number of hydrogen-bond acceptors (Lipinski definition) is 3. The lowest BCUT2D eigenvalue weighted by Gasteiger charge is -2.01. The van der Waals surface area contributed by atoms with E-state index in [4.69, 9.17) is 0 Å². The van der Waals surface area contributed by atoms with Crippen LogP contribution in [0.25, 0.3) is 0 Å². The lowest BCUT2D eigenvalue weighted by Crippen LogP contribution is -2.19. The molecule has 1 N–H and O–H groups in total. The van der Waals surface area contributed by atoms with Gasteiger partial charge in [-0.3, -0.25) is 0 Å². The van der Waals surface area contributed by atoms with Gasteiger partial charge in [0.2, 0.25) is 0 Å². The van der Waals surface area contributed by atoms with Gasteiger partial charge < -0.3 is 0 Å². The van der Waals surface area contributed by atoms with Crippen LogP contribution in [0.5, 0.6) is 0 Å². The number of aromatic nitrogens is 4. The summed E-state index contributed by atoms with van der Waals surface area (Å²) >= 11 is 0. The van der Waals surface area contributed by atoms with Crippen molar-refractivity contribution in [1.82, 2.24) is 20.2 Å². The SMILES string of the molecule is O=c1nn[nH]n1CCc1ccc(F)c(F)c1. The van der Waals surface area contributed by atoms with Crippen LogP contribution in [0.4, 0.5) is 8.78 Å². The van der Waals surface area contributed by atoms with E-state index < -0.39 is 17.3 Å².